The molecule has 6 heteroatoms. The number of hydrogen-bond acceptors (Lipinski definition) is 4. The van der Waals surface area contributed by atoms with Crippen LogP contribution in [0.2, 0.25) is 5.02 Å². The van der Waals surface area contributed by atoms with E-state index >= 15 is 0 Å². The molecule has 0 radical (unpaired) electrons. The Balaban J connectivity index is 1.51. The van der Waals surface area contributed by atoms with Crippen molar-refractivity contribution >= 4 is 17.5 Å². The van der Waals surface area contributed by atoms with E-state index in [1.54, 1.807) is 14.2 Å². The third kappa shape index (κ3) is 5.15. The van der Waals surface area contributed by atoms with Crippen molar-refractivity contribution in [1.82, 2.24) is 4.90 Å². The molecule has 1 amide bonds. The van der Waals surface area contributed by atoms with E-state index in [0.29, 0.717) is 41.8 Å². The van der Waals surface area contributed by atoms with Crippen LogP contribution in [0.15, 0.2) is 66.7 Å². The summed E-state index contributed by atoms with van der Waals surface area (Å²) in [4.78, 5) is 15.2. The summed E-state index contributed by atoms with van der Waals surface area (Å²) in [6, 6.07) is 21.3. The van der Waals surface area contributed by atoms with Crippen LogP contribution >= 0.6 is 11.6 Å². The number of amides is 1. The third-order valence-corrected chi connectivity index (χ3v) is 6.34. The quantitative estimate of drug-likeness (QED) is 0.342. The molecule has 1 aliphatic rings. The van der Waals surface area contributed by atoms with Gasteiger partial charge in [0.2, 0.25) is 0 Å². The van der Waals surface area contributed by atoms with E-state index in [2.05, 4.69) is 12.1 Å². The average molecular weight is 466 g/mol. The van der Waals surface area contributed by atoms with Crippen molar-refractivity contribution in [3.8, 4) is 11.5 Å². The van der Waals surface area contributed by atoms with Gasteiger partial charge in [-0.2, -0.15) is 0 Å². The van der Waals surface area contributed by atoms with Crippen molar-refractivity contribution in [1.29, 1.82) is 0 Å². The lowest BCUT2D eigenvalue weighted by molar-refractivity contribution is 0.0660. The normalized spacial score (nSPS) is 13.7. The lowest BCUT2D eigenvalue weighted by Gasteiger charge is -2.29. The highest BCUT2D eigenvalue weighted by Gasteiger charge is 2.34. The van der Waals surface area contributed by atoms with E-state index in [1.165, 1.54) is 0 Å². The third-order valence-electron chi connectivity index (χ3n) is 5.98. The number of carbonyl (C=O) groups excluding carboxylic acids is 1. The Hall–Kier alpha value is -3.02. The number of ether oxygens (including phenoxy) is 3. The molecule has 0 aliphatic carbocycles. The van der Waals surface area contributed by atoms with Gasteiger partial charge in [-0.1, -0.05) is 54.1 Å². The molecule has 0 spiro atoms. The minimum atomic E-state index is -0.138. The summed E-state index contributed by atoms with van der Waals surface area (Å²) in [5.41, 5.74) is 3.70. The largest absolute Gasteiger partial charge is 0.493 e. The zero-order chi connectivity index (χ0) is 23.2. The Bertz CT molecular complexity index is 1100. The van der Waals surface area contributed by atoms with Crippen LogP contribution in [0.5, 0.6) is 11.5 Å². The number of hydrogen-bond donors (Lipinski definition) is 0. The SMILES string of the molecule is COc1ccc([C@@H](CCCOCc2ccccc2)N2Cc3c(Cl)cccc3C2=O)cc1OC. The predicted molar refractivity (Wildman–Crippen MR) is 129 cm³/mol. The highest BCUT2D eigenvalue weighted by Crippen LogP contribution is 2.39. The van der Waals surface area contributed by atoms with Crippen molar-refractivity contribution in [2.75, 3.05) is 20.8 Å². The number of methoxy groups -OCH3 is 2. The Labute approximate surface area is 199 Å². The minimum absolute atomic E-state index is 0.00233. The Morgan fingerprint density at radius 1 is 0.970 bits per heavy atom. The number of nitrogens with zero attached hydrogens (tertiary/aromatic N) is 1. The van der Waals surface area contributed by atoms with Gasteiger partial charge in [-0.25, -0.2) is 0 Å². The molecule has 33 heavy (non-hydrogen) atoms. The Morgan fingerprint density at radius 2 is 1.76 bits per heavy atom. The molecule has 0 saturated carbocycles. The van der Waals surface area contributed by atoms with Crippen molar-refractivity contribution in [3.05, 3.63) is 94.0 Å². The molecule has 0 bridgehead atoms. The summed E-state index contributed by atoms with van der Waals surface area (Å²) in [5, 5.41) is 0.626. The highest BCUT2D eigenvalue weighted by atomic mass is 35.5. The van der Waals surface area contributed by atoms with E-state index in [9.17, 15) is 4.79 Å². The van der Waals surface area contributed by atoms with Crippen LogP contribution in [0.25, 0.3) is 0 Å². The second-order valence-electron chi connectivity index (χ2n) is 8.01. The molecule has 1 heterocycles. The van der Waals surface area contributed by atoms with Crippen LogP contribution in [0.1, 0.15) is 45.9 Å². The van der Waals surface area contributed by atoms with Gasteiger partial charge >= 0.3 is 0 Å². The molecule has 0 saturated heterocycles. The van der Waals surface area contributed by atoms with Crippen molar-refractivity contribution in [2.24, 2.45) is 0 Å². The fourth-order valence-electron chi connectivity index (χ4n) is 4.27. The smallest absolute Gasteiger partial charge is 0.255 e. The molecule has 3 aromatic carbocycles. The standard InChI is InChI=1S/C27H28ClNO4/c1-31-25-14-13-20(16-26(25)32-2)24(12-7-15-33-18-19-8-4-3-5-9-19)29-17-22-21(27(29)30)10-6-11-23(22)28/h3-6,8-11,13-14,16,24H,7,12,15,17-18H2,1-2H3/t24-/m1/s1. The number of benzene rings is 3. The van der Waals surface area contributed by atoms with Gasteiger partial charge < -0.3 is 19.1 Å². The first-order valence-electron chi connectivity index (χ1n) is 11.0. The summed E-state index contributed by atoms with van der Waals surface area (Å²) < 4.78 is 16.8. The molecule has 0 aromatic heterocycles. The maximum absolute atomic E-state index is 13.3. The summed E-state index contributed by atoms with van der Waals surface area (Å²) in [6.45, 7) is 1.66. The molecule has 0 fully saturated rings. The zero-order valence-corrected chi connectivity index (χ0v) is 19.7. The van der Waals surface area contributed by atoms with Gasteiger partial charge in [-0.15, -0.1) is 0 Å². The molecule has 5 nitrogen and oxygen atoms in total. The Morgan fingerprint density at radius 3 is 2.48 bits per heavy atom. The van der Waals surface area contributed by atoms with Crippen molar-refractivity contribution in [2.45, 2.75) is 32.0 Å². The summed E-state index contributed by atoms with van der Waals surface area (Å²) in [7, 11) is 3.23. The fraction of sp³-hybridized carbons (Fsp3) is 0.296. The van der Waals surface area contributed by atoms with Gasteiger partial charge in [0.25, 0.3) is 5.91 Å². The number of rotatable bonds is 10. The lowest BCUT2D eigenvalue weighted by atomic mass is 9.99. The van der Waals surface area contributed by atoms with Crippen LogP contribution in [-0.2, 0) is 17.9 Å². The van der Waals surface area contributed by atoms with Gasteiger partial charge in [0.15, 0.2) is 11.5 Å². The first-order chi connectivity index (χ1) is 16.1. The van der Waals surface area contributed by atoms with Crippen LogP contribution in [-0.4, -0.2) is 31.6 Å². The van der Waals surface area contributed by atoms with Gasteiger partial charge in [0.05, 0.1) is 26.9 Å². The highest BCUT2D eigenvalue weighted by molar-refractivity contribution is 6.32. The van der Waals surface area contributed by atoms with E-state index in [4.69, 9.17) is 25.8 Å². The molecule has 1 atom stereocenters. The number of fused-ring (bicyclic) bond motifs is 1. The fourth-order valence-corrected chi connectivity index (χ4v) is 4.51. The van der Waals surface area contributed by atoms with E-state index < -0.39 is 0 Å². The molecule has 1 aliphatic heterocycles. The van der Waals surface area contributed by atoms with Crippen LogP contribution in [0, 0.1) is 0 Å². The lowest BCUT2D eigenvalue weighted by Crippen LogP contribution is -2.29. The first kappa shape index (κ1) is 23.1. The number of carbonyl (C=O) groups is 1. The average Bonchev–Trinajstić information content (AvgIpc) is 3.19. The molecule has 0 N–H and O–H groups in total. The first-order valence-corrected chi connectivity index (χ1v) is 11.4. The van der Waals surface area contributed by atoms with Gasteiger partial charge in [-0.3, -0.25) is 4.79 Å². The van der Waals surface area contributed by atoms with Crippen LogP contribution < -0.4 is 9.47 Å². The molecule has 172 valence electrons. The molecular formula is C27H28ClNO4. The predicted octanol–water partition coefficient (Wildman–Crippen LogP) is 6.05. The topological polar surface area (TPSA) is 48.0 Å². The number of halogens is 1. The maximum atomic E-state index is 13.3. The second-order valence-corrected chi connectivity index (χ2v) is 8.42. The summed E-state index contributed by atoms with van der Waals surface area (Å²) in [5.74, 6) is 1.30. The van der Waals surface area contributed by atoms with E-state index in [-0.39, 0.29) is 11.9 Å². The second kappa shape index (κ2) is 10.7. The minimum Gasteiger partial charge on any atom is -0.493 e. The zero-order valence-electron chi connectivity index (χ0n) is 18.9. The van der Waals surface area contributed by atoms with Gasteiger partial charge in [-0.05, 0) is 48.2 Å². The van der Waals surface area contributed by atoms with E-state index in [1.807, 2.05) is 59.5 Å². The van der Waals surface area contributed by atoms with Gasteiger partial charge in [0, 0.05) is 29.3 Å². The van der Waals surface area contributed by atoms with Crippen LogP contribution in [0.3, 0.4) is 0 Å². The molecular weight excluding hydrogens is 438 g/mol. The maximum Gasteiger partial charge on any atom is 0.255 e. The summed E-state index contributed by atoms with van der Waals surface area (Å²) in [6.07, 6.45) is 1.56. The van der Waals surface area contributed by atoms with Gasteiger partial charge in [0.1, 0.15) is 0 Å². The van der Waals surface area contributed by atoms with Crippen LogP contribution in [0.4, 0.5) is 0 Å². The summed E-state index contributed by atoms with van der Waals surface area (Å²) >= 11 is 6.41. The van der Waals surface area contributed by atoms with Crippen molar-refractivity contribution < 1.29 is 19.0 Å². The molecule has 0 unspecified atom stereocenters. The van der Waals surface area contributed by atoms with E-state index in [0.717, 1.165) is 29.5 Å². The monoisotopic (exact) mass is 465 g/mol. The van der Waals surface area contributed by atoms with Crippen molar-refractivity contribution in [3.63, 3.8) is 0 Å². The molecule has 4 rings (SSSR count). The Kier molecular flexibility index (Phi) is 7.53. The molecule has 3 aromatic rings.